The number of Topliss-reactive ketones (excluding diaryl/α,β-unsaturated/α-hetero) is 1. The number of ketones is 1. The maximum Gasteiger partial charge on any atom is 0.295 e. The van der Waals surface area contributed by atoms with Crippen LogP contribution in [0.25, 0.3) is 5.76 Å². The van der Waals surface area contributed by atoms with Crippen molar-refractivity contribution in [1.29, 1.82) is 0 Å². The van der Waals surface area contributed by atoms with Crippen molar-refractivity contribution in [3.05, 3.63) is 94.6 Å². The Hall–Kier alpha value is -4.34. The fourth-order valence-corrected chi connectivity index (χ4v) is 6.18. The van der Waals surface area contributed by atoms with Crippen LogP contribution in [0.5, 0.6) is 17.2 Å². The van der Waals surface area contributed by atoms with Crippen LogP contribution in [-0.4, -0.2) is 79.2 Å². The minimum absolute atomic E-state index is 0.0366. The molecule has 230 valence electrons. The first kappa shape index (κ1) is 29.7. The number of nitrogens with zero attached hydrogens (tertiary/aromatic N) is 2. The number of hydrogen-bond acceptors (Lipinski definition) is 8. The van der Waals surface area contributed by atoms with Crippen molar-refractivity contribution < 1.29 is 33.6 Å². The van der Waals surface area contributed by atoms with Crippen LogP contribution in [0.15, 0.2) is 72.3 Å². The highest BCUT2D eigenvalue weighted by Crippen LogP contribution is 2.43. The Morgan fingerprint density at radius 3 is 2.55 bits per heavy atom. The summed E-state index contributed by atoms with van der Waals surface area (Å²) in [7, 11) is 1.56. The lowest BCUT2D eigenvalue weighted by Gasteiger charge is -2.29. The smallest absolute Gasteiger partial charge is 0.295 e. The molecule has 0 bridgehead atoms. The molecule has 3 aromatic carbocycles. The number of hydrogen-bond donors (Lipinski definition) is 1. The second-order valence-corrected chi connectivity index (χ2v) is 11.4. The average Bonchev–Trinajstić information content (AvgIpc) is 3.55. The van der Waals surface area contributed by atoms with E-state index >= 15 is 0 Å². The number of fused-ring (bicyclic) bond motifs is 1. The number of likely N-dealkylation sites (tertiary alicyclic amines) is 1. The second kappa shape index (κ2) is 13.1. The van der Waals surface area contributed by atoms with E-state index in [4.69, 9.17) is 18.9 Å². The van der Waals surface area contributed by atoms with Gasteiger partial charge in [0.1, 0.15) is 24.2 Å². The Morgan fingerprint density at radius 1 is 0.977 bits per heavy atom. The van der Waals surface area contributed by atoms with E-state index in [0.29, 0.717) is 61.8 Å². The van der Waals surface area contributed by atoms with Crippen LogP contribution in [0.4, 0.5) is 0 Å². The Balaban J connectivity index is 1.34. The van der Waals surface area contributed by atoms with Gasteiger partial charge in [0.2, 0.25) is 0 Å². The van der Waals surface area contributed by atoms with Gasteiger partial charge in [-0.15, -0.1) is 0 Å². The molecule has 3 heterocycles. The van der Waals surface area contributed by atoms with Crippen LogP contribution in [0.3, 0.4) is 0 Å². The number of benzene rings is 3. The summed E-state index contributed by atoms with van der Waals surface area (Å²) in [6, 6.07) is 19.8. The van der Waals surface area contributed by atoms with Crippen molar-refractivity contribution in [2.45, 2.75) is 38.5 Å². The number of aliphatic hydroxyl groups is 1. The second-order valence-electron chi connectivity index (χ2n) is 11.4. The monoisotopic (exact) mass is 598 g/mol. The summed E-state index contributed by atoms with van der Waals surface area (Å²) in [4.78, 5) is 31.1. The fraction of sp³-hybridized carbons (Fsp3) is 0.371. The topological polar surface area (TPSA) is 97.8 Å². The van der Waals surface area contributed by atoms with Crippen LogP contribution >= 0.6 is 0 Å². The lowest BCUT2D eigenvalue weighted by Crippen LogP contribution is -2.39. The van der Waals surface area contributed by atoms with E-state index in [0.717, 1.165) is 36.5 Å². The summed E-state index contributed by atoms with van der Waals surface area (Å²) < 4.78 is 23.1. The standard InChI is InChI=1S/C35H38N2O7/c1-23-19-27-20-26(10-11-28(27)44-23)33(38)31-32(37(35(40)34(31)39)14-6-13-36-15-17-42-18-16-36)25-9-12-29(30(21-25)41-2)43-22-24-7-4-3-5-8-24/h3-5,7-12,20-21,23,32,38H,6,13-19,22H2,1-2H3/b33-31+. The molecule has 3 aromatic rings. The van der Waals surface area contributed by atoms with Crippen molar-refractivity contribution >= 4 is 17.4 Å². The molecule has 0 aromatic heterocycles. The quantitative estimate of drug-likeness (QED) is 0.203. The molecule has 3 aliphatic rings. The molecule has 3 aliphatic heterocycles. The van der Waals surface area contributed by atoms with Gasteiger partial charge in [-0.1, -0.05) is 36.4 Å². The first-order valence-corrected chi connectivity index (χ1v) is 15.2. The highest BCUT2D eigenvalue weighted by molar-refractivity contribution is 6.46. The number of amides is 1. The lowest BCUT2D eigenvalue weighted by atomic mass is 9.94. The molecule has 9 heteroatoms. The first-order valence-electron chi connectivity index (χ1n) is 15.2. The predicted molar refractivity (Wildman–Crippen MR) is 165 cm³/mol. The molecule has 1 amide bonds. The molecule has 0 radical (unpaired) electrons. The van der Waals surface area contributed by atoms with Crippen molar-refractivity contribution in [3.63, 3.8) is 0 Å². The molecule has 0 saturated carbocycles. The molecule has 2 atom stereocenters. The third-order valence-corrected chi connectivity index (χ3v) is 8.43. The van der Waals surface area contributed by atoms with E-state index in [1.54, 1.807) is 30.2 Å². The van der Waals surface area contributed by atoms with E-state index in [-0.39, 0.29) is 17.4 Å². The zero-order valence-corrected chi connectivity index (χ0v) is 25.2. The Morgan fingerprint density at radius 2 is 1.77 bits per heavy atom. The summed E-state index contributed by atoms with van der Waals surface area (Å²) in [6.07, 6.45) is 1.42. The van der Waals surface area contributed by atoms with Gasteiger partial charge in [-0.2, -0.15) is 0 Å². The molecule has 0 spiro atoms. The predicted octanol–water partition coefficient (Wildman–Crippen LogP) is 4.74. The average molecular weight is 599 g/mol. The number of ether oxygens (including phenoxy) is 4. The first-order chi connectivity index (χ1) is 21.4. The van der Waals surface area contributed by atoms with E-state index in [2.05, 4.69) is 4.90 Å². The molecule has 0 aliphatic carbocycles. The SMILES string of the molecule is COc1cc(C2/C(=C(\O)c3ccc4c(c3)CC(C)O4)C(=O)C(=O)N2CCCN2CCOCC2)ccc1OCc1ccccc1. The van der Waals surface area contributed by atoms with Gasteiger partial charge >= 0.3 is 0 Å². The molecule has 2 saturated heterocycles. The van der Waals surface area contributed by atoms with Crippen LogP contribution in [0.2, 0.25) is 0 Å². The summed E-state index contributed by atoms with van der Waals surface area (Å²) >= 11 is 0. The maximum atomic E-state index is 13.6. The number of carbonyl (C=O) groups is 2. The van der Waals surface area contributed by atoms with E-state index < -0.39 is 17.7 Å². The minimum atomic E-state index is -0.791. The third kappa shape index (κ3) is 6.16. The zero-order valence-electron chi connectivity index (χ0n) is 25.2. The van der Waals surface area contributed by atoms with Gasteiger partial charge < -0.3 is 29.0 Å². The van der Waals surface area contributed by atoms with Crippen molar-refractivity contribution in [2.24, 2.45) is 0 Å². The molecule has 1 N–H and O–H groups in total. The number of methoxy groups -OCH3 is 1. The molecule has 44 heavy (non-hydrogen) atoms. The molecular formula is C35H38N2O7. The molecule has 6 rings (SSSR count). The highest BCUT2D eigenvalue weighted by atomic mass is 16.5. The fourth-order valence-electron chi connectivity index (χ4n) is 6.18. The van der Waals surface area contributed by atoms with E-state index in [1.807, 2.05) is 55.5 Å². The Kier molecular flexibility index (Phi) is 8.86. The molecule has 2 fully saturated rings. The van der Waals surface area contributed by atoms with Gasteiger partial charge in [0.05, 0.1) is 31.9 Å². The highest BCUT2D eigenvalue weighted by Gasteiger charge is 2.46. The van der Waals surface area contributed by atoms with Crippen LogP contribution in [0.1, 0.15) is 41.6 Å². The molecular weight excluding hydrogens is 560 g/mol. The zero-order chi connectivity index (χ0) is 30.6. The van der Waals surface area contributed by atoms with Gasteiger partial charge in [-0.25, -0.2) is 0 Å². The van der Waals surface area contributed by atoms with Crippen molar-refractivity contribution in [2.75, 3.05) is 46.5 Å². The van der Waals surface area contributed by atoms with Crippen molar-refractivity contribution in [1.82, 2.24) is 9.80 Å². The Labute approximate surface area is 257 Å². The van der Waals surface area contributed by atoms with Crippen LogP contribution < -0.4 is 14.2 Å². The largest absolute Gasteiger partial charge is 0.507 e. The summed E-state index contributed by atoms with van der Waals surface area (Å²) in [5.41, 5.74) is 3.17. The molecule has 9 nitrogen and oxygen atoms in total. The number of aliphatic hydroxyl groups excluding tert-OH is 1. The van der Waals surface area contributed by atoms with Crippen molar-refractivity contribution in [3.8, 4) is 17.2 Å². The van der Waals surface area contributed by atoms with Gasteiger partial charge in [0.25, 0.3) is 11.7 Å². The summed E-state index contributed by atoms with van der Waals surface area (Å²) in [5, 5.41) is 11.6. The summed E-state index contributed by atoms with van der Waals surface area (Å²) in [5.74, 6) is 0.255. The van der Waals surface area contributed by atoms with E-state index in [9.17, 15) is 14.7 Å². The van der Waals surface area contributed by atoms with Gasteiger partial charge in [0, 0.05) is 38.2 Å². The summed E-state index contributed by atoms with van der Waals surface area (Å²) in [6.45, 7) is 6.53. The van der Waals surface area contributed by atoms with E-state index in [1.165, 1.54) is 0 Å². The number of rotatable bonds is 10. The van der Waals surface area contributed by atoms with Crippen LogP contribution in [-0.2, 0) is 27.4 Å². The van der Waals surface area contributed by atoms with Gasteiger partial charge in [-0.3, -0.25) is 14.5 Å². The maximum absolute atomic E-state index is 13.6. The van der Waals surface area contributed by atoms with Gasteiger partial charge in [-0.05, 0) is 60.4 Å². The molecule has 2 unspecified atom stereocenters. The normalized spacial score (nSPS) is 21.3. The number of carbonyl (C=O) groups excluding carboxylic acids is 2. The third-order valence-electron chi connectivity index (χ3n) is 8.43. The number of morpholine rings is 1. The van der Waals surface area contributed by atoms with Crippen LogP contribution in [0, 0.1) is 0 Å². The lowest BCUT2D eigenvalue weighted by molar-refractivity contribution is -0.140. The Bertz CT molecular complexity index is 1550. The minimum Gasteiger partial charge on any atom is -0.507 e. The van der Waals surface area contributed by atoms with Gasteiger partial charge in [0.15, 0.2) is 11.5 Å².